The fraction of sp³-hybridized carbons (Fsp3) is 0.391. The van der Waals surface area contributed by atoms with Gasteiger partial charge in [0.25, 0.3) is 5.91 Å². The molecule has 0 radical (unpaired) electrons. The minimum absolute atomic E-state index is 0.122. The second-order valence-corrected chi connectivity index (χ2v) is 8.68. The Hall–Kier alpha value is -2.62. The van der Waals surface area contributed by atoms with Crippen LogP contribution in [0.2, 0.25) is 5.02 Å². The number of piperazine rings is 1. The molecule has 176 valence electrons. The molecule has 1 amide bonds. The number of imidazole rings is 1. The zero-order chi connectivity index (χ0) is 23.6. The van der Waals surface area contributed by atoms with Gasteiger partial charge in [-0.3, -0.25) is 10.1 Å². The van der Waals surface area contributed by atoms with Gasteiger partial charge in [-0.25, -0.2) is 4.98 Å². The number of benzene rings is 2. The number of halogens is 4. The molecule has 1 fully saturated rings. The lowest BCUT2D eigenvalue weighted by molar-refractivity contribution is -0.137. The van der Waals surface area contributed by atoms with Crippen LogP contribution >= 0.6 is 11.6 Å². The molecule has 0 spiro atoms. The number of nitrogens with zero attached hydrogens (tertiary/aromatic N) is 4. The second-order valence-electron chi connectivity index (χ2n) is 8.25. The third-order valence-corrected chi connectivity index (χ3v) is 6.10. The highest BCUT2D eigenvalue weighted by Gasteiger charge is 2.30. The molecule has 0 unspecified atom stereocenters. The number of likely N-dealkylation sites (N-methyl/N-ethyl adjacent to an activating group) is 1. The van der Waals surface area contributed by atoms with Gasteiger partial charge in [0, 0.05) is 43.3 Å². The van der Waals surface area contributed by atoms with Crippen molar-refractivity contribution in [2.75, 3.05) is 45.1 Å². The standard InChI is InChI=1S/C23H25ClF3N5O/c1-30-11-13-31(14-12-30)9-2-10-32-20-8-7-18(24)15-19(20)28-22(32)29-21(33)16-3-5-17(6-4-16)23(25,26)27/h3-8,15H,2,9-14H2,1H3,(H,28,29,33). The molecule has 1 aliphatic rings. The molecule has 1 aromatic heterocycles. The van der Waals surface area contributed by atoms with Crippen LogP contribution in [0.25, 0.3) is 11.0 Å². The molecule has 1 N–H and O–H groups in total. The topological polar surface area (TPSA) is 53.4 Å². The number of anilines is 1. The van der Waals surface area contributed by atoms with Gasteiger partial charge in [-0.15, -0.1) is 0 Å². The van der Waals surface area contributed by atoms with Gasteiger partial charge in [0.15, 0.2) is 0 Å². The summed E-state index contributed by atoms with van der Waals surface area (Å²) in [5.74, 6) is -0.180. The van der Waals surface area contributed by atoms with E-state index in [2.05, 4.69) is 27.1 Å². The Morgan fingerprint density at radius 3 is 2.42 bits per heavy atom. The van der Waals surface area contributed by atoms with Gasteiger partial charge in [-0.1, -0.05) is 11.6 Å². The fourth-order valence-electron chi connectivity index (χ4n) is 3.93. The molecule has 0 bridgehead atoms. The molecule has 0 aliphatic carbocycles. The Kier molecular flexibility index (Phi) is 6.92. The summed E-state index contributed by atoms with van der Waals surface area (Å²) in [6, 6.07) is 9.46. The van der Waals surface area contributed by atoms with Gasteiger partial charge in [-0.2, -0.15) is 13.2 Å². The first-order chi connectivity index (χ1) is 15.7. The van der Waals surface area contributed by atoms with E-state index in [0.29, 0.717) is 23.0 Å². The molecule has 0 atom stereocenters. The average molecular weight is 480 g/mol. The number of alkyl halides is 3. The maximum atomic E-state index is 12.8. The quantitative estimate of drug-likeness (QED) is 0.561. The van der Waals surface area contributed by atoms with Crippen molar-refractivity contribution in [3.8, 4) is 0 Å². The third kappa shape index (κ3) is 5.66. The Balaban J connectivity index is 1.50. The second kappa shape index (κ2) is 9.70. The highest BCUT2D eigenvalue weighted by atomic mass is 35.5. The summed E-state index contributed by atoms with van der Waals surface area (Å²) in [6.45, 7) is 5.69. The first-order valence-electron chi connectivity index (χ1n) is 10.8. The van der Waals surface area contributed by atoms with Crippen LogP contribution in [0.5, 0.6) is 0 Å². The van der Waals surface area contributed by atoms with Crippen molar-refractivity contribution in [2.45, 2.75) is 19.1 Å². The van der Waals surface area contributed by atoms with E-state index in [1.54, 1.807) is 12.1 Å². The Labute approximate surface area is 194 Å². The van der Waals surface area contributed by atoms with Crippen LogP contribution in [0.15, 0.2) is 42.5 Å². The van der Waals surface area contributed by atoms with Gasteiger partial charge < -0.3 is 14.4 Å². The summed E-state index contributed by atoms with van der Waals surface area (Å²) in [5, 5.41) is 3.29. The van der Waals surface area contributed by atoms with Crippen LogP contribution in [0, 0.1) is 0 Å². The Morgan fingerprint density at radius 1 is 1.06 bits per heavy atom. The van der Waals surface area contributed by atoms with E-state index in [-0.39, 0.29) is 5.56 Å². The lowest BCUT2D eigenvalue weighted by Gasteiger charge is -2.32. The molecule has 1 saturated heterocycles. The number of amides is 1. The Morgan fingerprint density at radius 2 is 1.76 bits per heavy atom. The summed E-state index contributed by atoms with van der Waals surface area (Å²) in [7, 11) is 2.12. The number of rotatable bonds is 6. The van der Waals surface area contributed by atoms with E-state index in [1.807, 2.05) is 10.6 Å². The lowest BCUT2D eigenvalue weighted by Crippen LogP contribution is -2.44. The summed E-state index contributed by atoms with van der Waals surface area (Å²) in [6.07, 6.45) is -3.59. The van der Waals surface area contributed by atoms with Crippen molar-refractivity contribution < 1.29 is 18.0 Å². The highest BCUT2D eigenvalue weighted by Crippen LogP contribution is 2.29. The molecule has 3 aromatic rings. The maximum absolute atomic E-state index is 12.8. The molecule has 2 heterocycles. The number of fused-ring (bicyclic) bond motifs is 1. The van der Waals surface area contributed by atoms with Crippen molar-refractivity contribution in [1.82, 2.24) is 19.4 Å². The van der Waals surface area contributed by atoms with Gasteiger partial charge >= 0.3 is 6.18 Å². The van der Waals surface area contributed by atoms with Crippen LogP contribution in [0.3, 0.4) is 0 Å². The van der Waals surface area contributed by atoms with E-state index < -0.39 is 17.6 Å². The molecule has 1 aliphatic heterocycles. The maximum Gasteiger partial charge on any atom is 0.416 e. The zero-order valence-corrected chi connectivity index (χ0v) is 19.0. The molecular formula is C23H25ClF3N5O. The number of hydrogen-bond acceptors (Lipinski definition) is 4. The number of nitrogens with one attached hydrogen (secondary N) is 1. The van der Waals surface area contributed by atoms with E-state index in [1.165, 1.54) is 0 Å². The van der Waals surface area contributed by atoms with Crippen LogP contribution in [-0.2, 0) is 12.7 Å². The van der Waals surface area contributed by atoms with Gasteiger partial charge in [-0.05, 0) is 62.5 Å². The van der Waals surface area contributed by atoms with Crippen LogP contribution < -0.4 is 5.32 Å². The molecule has 0 saturated carbocycles. The molecular weight excluding hydrogens is 455 g/mol. The molecule has 4 rings (SSSR count). The largest absolute Gasteiger partial charge is 0.416 e. The smallest absolute Gasteiger partial charge is 0.310 e. The Bertz CT molecular complexity index is 1120. The predicted octanol–water partition coefficient (Wildman–Crippen LogP) is 4.60. The lowest BCUT2D eigenvalue weighted by atomic mass is 10.1. The van der Waals surface area contributed by atoms with E-state index in [4.69, 9.17) is 11.6 Å². The van der Waals surface area contributed by atoms with Gasteiger partial charge in [0.05, 0.1) is 16.6 Å². The monoisotopic (exact) mass is 479 g/mol. The zero-order valence-electron chi connectivity index (χ0n) is 18.2. The minimum atomic E-state index is -4.45. The third-order valence-electron chi connectivity index (χ3n) is 5.86. The summed E-state index contributed by atoms with van der Waals surface area (Å²) in [5.41, 5.74) is 0.798. The van der Waals surface area contributed by atoms with Gasteiger partial charge in [0.2, 0.25) is 5.95 Å². The first-order valence-corrected chi connectivity index (χ1v) is 11.1. The van der Waals surface area contributed by atoms with Gasteiger partial charge in [0.1, 0.15) is 0 Å². The summed E-state index contributed by atoms with van der Waals surface area (Å²) >= 11 is 6.11. The van der Waals surface area contributed by atoms with Crippen molar-refractivity contribution in [3.63, 3.8) is 0 Å². The number of aromatic nitrogens is 2. The SMILES string of the molecule is CN1CCN(CCCn2c(NC(=O)c3ccc(C(F)(F)F)cc3)nc3cc(Cl)ccc32)CC1. The predicted molar refractivity (Wildman–Crippen MR) is 123 cm³/mol. The average Bonchev–Trinajstić information content (AvgIpc) is 3.10. The summed E-state index contributed by atoms with van der Waals surface area (Å²) < 4.78 is 40.4. The van der Waals surface area contributed by atoms with Crippen molar-refractivity contribution in [2.24, 2.45) is 0 Å². The normalized spacial score (nSPS) is 15.8. The number of carbonyl (C=O) groups is 1. The van der Waals surface area contributed by atoms with Crippen molar-refractivity contribution in [3.05, 3.63) is 58.6 Å². The fourth-order valence-corrected chi connectivity index (χ4v) is 4.10. The molecule has 6 nitrogen and oxygen atoms in total. The molecule has 10 heteroatoms. The van der Waals surface area contributed by atoms with Crippen molar-refractivity contribution in [1.29, 1.82) is 0 Å². The molecule has 2 aromatic carbocycles. The van der Waals surface area contributed by atoms with Crippen LogP contribution in [0.4, 0.5) is 19.1 Å². The van der Waals surface area contributed by atoms with E-state index in [9.17, 15) is 18.0 Å². The molecule has 33 heavy (non-hydrogen) atoms. The number of carbonyl (C=O) groups excluding carboxylic acids is 1. The van der Waals surface area contributed by atoms with Crippen molar-refractivity contribution >= 4 is 34.5 Å². The minimum Gasteiger partial charge on any atom is -0.310 e. The number of aryl methyl sites for hydroxylation is 1. The van der Waals surface area contributed by atoms with Crippen LogP contribution in [0.1, 0.15) is 22.3 Å². The van der Waals surface area contributed by atoms with Crippen LogP contribution in [-0.4, -0.2) is 65.0 Å². The van der Waals surface area contributed by atoms with E-state index in [0.717, 1.165) is 68.9 Å². The highest BCUT2D eigenvalue weighted by molar-refractivity contribution is 6.31. The van der Waals surface area contributed by atoms with E-state index >= 15 is 0 Å². The first kappa shape index (κ1) is 23.5. The number of hydrogen-bond donors (Lipinski definition) is 1. The summed E-state index contributed by atoms with van der Waals surface area (Å²) in [4.78, 5) is 22.0.